The van der Waals surface area contributed by atoms with Gasteiger partial charge in [-0.2, -0.15) is 0 Å². The van der Waals surface area contributed by atoms with Gasteiger partial charge in [-0.25, -0.2) is 0 Å². The molecule has 0 unspecified atom stereocenters. The summed E-state index contributed by atoms with van der Waals surface area (Å²) in [7, 11) is 1.68. The van der Waals surface area contributed by atoms with Gasteiger partial charge in [0, 0.05) is 27.3 Å². The fourth-order valence-corrected chi connectivity index (χ4v) is 3.28. The van der Waals surface area contributed by atoms with E-state index < -0.39 is 0 Å². The first-order valence-electron chi connectivity index (χ1n) is 6.41. The predicted molar refractivity (Wildman–Crippen MR) is 86.6 cm³/mol. The summed E-state index contributed by atoms with van der Waals surface area (Å²) in [4.78, 5) is 1.16. The quantitative estimate of drug-likeness (QED) is 0.816. The van der Waals surface area contributed by atoms with Crippen molar-refractivity contribution in [1.29, 1.82) is 0 Å². The molecule has 0 amide bonds. The lowest BCUT2D eigenvalue weighted by molar-refractivity contribution is 0.405. The molecule has 20 heavy (non-hydrogen) atoms. The van der Waals surface area contributed by atoms with Crippen LogP contribution in [0.3, 0.4) is 0 Å². The Morgan fingerprint density at radius 3 is 2.50 bits per heavy atom. The standard InChI is InChI=1S/C16H18ClNOS/c1-11(18)16-14(19-2)4-3-5-15(16)20-10-12-6-8-13(17)9-7-12/h3-9,11H,10,18H2,1-2H3/t11-/m0/s1. The van der Waals surface area contributed by atoms with Crippen molar-refractivity contribution in [3.8, 4) is 5.75 Å². The van der Waals surface area contributed by atoms with E-state index in [2.05, 4.69) is 6.07 Å². The fraction of sp³-hybridized carbons (Fsp3) is 0.250. The minimum Gasteiger partial charge on any atom is -0.496 e. The van der Waals surface area contributed by atoms with Crippen molar-refractivity contribution in [2.75, 3.05) is 7.11 Å². The number of ether oxygens (including phenoxy) is 1. The highest BCUT2D eigenvalue weighted by Gasteiger charge is 2.13. The molecule has 0 aromatic heterocycles. The van der Waals surface area contributed by atoms with Crippen molar-refractivity contribution in [2.45, 2.75) is 23.6 Å². The van der Waals surface area contributed by atoms with Gasteiger partial charge >= 0.3 is 0 Å². The van der Waals surface area contributed by atoms with Gasteiger partial charge in [-0.3, -0.25) is 0 Å². The van der Waals surface area contributed by atoms with Crippen LogP contribution in [0.1, 0.15) is 24.1 Å². The van der Waals surface area contributed by atoms with Crippen LogP contribution < -0.4 is 10.5 Å². The van der Waals surface area contributed by atoms with E-state index in [1.165, 1.54) is 5.56 Å². The summed E-state index contributed by atoms with van der Waals surface area (Å²) in [6, 6.07) is 13.9. The van der Waals surface area contributed by atoms with Gasteiger partial charge in [-0.15, -0.1) is 11.8 Å². The highest BCUT2D eigenvalue weighted by Crippen LogP contribution is 2.35. The van der Waals surface area contributed by atoms with Crippen LogP contribution in [0.2, 0.25) is 5.02 Å². The number of rotatable bonds is 5. The van der Waals surface area contributed by atoms with Crippen molar-refractivity contribution in [3.05, 3.63) is 58.6 Å². The monoisotopic (exact) mass is 307 g/mol. The van der Waals surface area contributed by atoms with Crippen LogP contribution >= 0.6 is 23.4 Å². The summed E-state index contributed by atoms with van der Waals surface area (Å²) in [6.07, 6.45) is 0. The van der Waals surface area contributed by atoms with Crippen LogP contribution in [0, 0.1) is 0 Å². The second-order valence-electron chi connectivity index (χ2n) is 4.58. The lowest BCUT2D eigenvalue weighted by Gasteiger charge is -2.16. The molecule has 106 valence electrons. The molecule has 2 nitrogen and oxygen atoms in total. The molecule has 0 saturated carbocycles. The second kappa shape index (κ2) is 7.02. The summed E-state index contributed by atoms with van der Waals surface area (Å²) >= 11 is 7.66. The third kappa shape index (κ3) is 3.69. The number of benzene rings is 2. The summed E-state index contributed by atoms with van der Waals surface area (Å²) in [5.41, 5.74) is 8.37. The molecule has 0 saturated heterocycles. The molecule has 2 N–H and O–H groups in total. The van der Waals surface area contributed by atoms with Gasteiger partial charge in [0.05, 0.1) is 7.11 Å². The molecule has 0 radical (unpaired) electrons. The van der Waals surface area contributed by atoms with Crippen LogP contribution in [-0.4, -0.2) is 7.11 Å². The SMILES string of the molecule is COc1cccc(SCc2ccc(Cl)cc2)c1[C@H](C)N. The maximum Gasteiger partial charge on any atom is 0.124 e. The van der Waals surface area contributed by atoms with Crippen molar-refractivity contribution in [3.63, 3.8) is 0 Å². The zero-order chi connectivity index (χ0) is 14.5. The Hall–Kier alpha value is -1.16. The van der Waals surface area contributed by atoms with Gasteiger partial charge in [-0.05, 0) is 36.8 Å². The Bertz CT molecular complexity index is 569. The minimum atomic E-state index is -0.0566. The van der Waals surface area contributed by atoms with Gasteiger partial charge in [0.2, 0.25) is 0 Å². The Labute approximate surface area is 129 Å². The van der Waals surface area contributed by atoms with Gasteiger partial charge in [0.25, 0.3) is 0 Å². The van der Waals surface area contributed by atoms with Crippen LogP contribution in [0.15, 0.2) is 47.4 Å². The van der Waals surface area contributed by atoms with Crippen LogP contribution in [0.25, 0.3) is 0 Å². The molecule has 0 bridgehead atoms. The molecule has 0 spiro atoms. The summed E-state index contributed by atoms with van der Waals surface area (Å²) in [5.74, 6) is 1.73. The van der Waals surface area contributed by atoms with E-state index in [0.717, 1.165) is 27.0 Å². The molecule has 0 aliphatic carbocycles. The molecule has 2 rings (SSSR count). The first-order chi connectivity index (χ1) is 9.61. The first-order valence-corrected chi connectivity index (χ1v) is 7.78. The van der Waals surface area contributed by atoms with Crippen molar-refractivity contribution >= 4 is 23.4 Å². The lowest BCUT2D eigenvalue weighted by Crippen LogP contribution is -2.08. The van der Waals surface area contributed by atoms with Crippen LogP contribution in [-0.2, 0) is 5.75 Å². The number of methoxy groups -OCH3 is 1. The average molecular weight is 308 g/mol. The molecule has 1 atom stereocenters. The summed E-state index contributed by atoms with van der Waals surface area (Å²) in [5, 5.41) is 0.761. The number of thioether (sulfide) groups is 1. The predicted octanol–water partition coefficient (Wildman–Crippen LogP) is 4.66. The smallest absolute Gasteiger partial charge is 0.124 e. The summed E-state index contributed by atoms with van der Waals surface area (Å²) < 4.78 is 5.40. The number of hydrogen-bond donors (Lipinski definition) is 1. The Kier molecular flexibility index (Phi) is 5.35. The Balaban J connectivity index is 2.18. The lowest BCUT2D eigenvalue weighted by atomic mass is 10.1. The normalized spacial score (nSPS) is 12.2. The summed E-state index contributed by atoms with van der Waals surface area (Å²) in [6.45, 7) is 1.98. The third-order valence-electron chi connectivity index (χ3n) is 3.01. The topological polar surface area (TPSA) is 35.2 Å². The largest absolute Gasteiger partial charge is 0.496 e. The Morgan fingerprint density at radius 2 is 1.90 bits per heavy atom. The molecule has 0 fully saturated rings. The first kappa shape index (κ1) is 15.2. The molecule has 0 aliphatic rings. The van der Waals surface area contributed by atoms with E-state index >= 15 is 0 Å². The van der Waals surface area contributed by atoms with E-state index in [1.54, 1.807) is 18.9 Å². The van der Waals surface area contributed by atoms with E-state index in [0.29, 0.717) is 0 Å². The molecule has 2 aromatic rings. The average Bonchev–Trinajstić information content (AvgIpc) is 2.46. The maximum absolute atomic E-state index is 6.07. The number of hydrogen-bond acceptors (Lipinski definition) is 3. The zero-order valence-electron chi connectivity index (χ0n) is 11.6. The molecule has 4 heteroatoms. The van der Waals surface area contributed by atoms with Crippen molar-refractivity contribution in [1.82, 2.24) is 0 Å². The van der Waals surface area contributed by atoms with E-state index in [-0.39, 0.29) is 6.04 Å². The van der Waals surface area contributed by atoms with Gasteiger partial charge in [0.15, 0.2) is 0 Å². The van der Waals surface area contributed by atoms with E-state index in [4.69, 9.17) is 22.1 Å². The zero-order valence-corrected chi connectivity index (χ0v) is 13.2. The fourth-order valence-electron chi connectivity index (χ4n) is 2.02. The van der Waals surface area contributed by atoms with Crippen LogP contribution in [0.5, 0.6) is 5.75 Å². The van der Waals surface area contributed by atoms with E-state index in [1.807, 2.05) is 43.3 Å². The van der Waals surface area contributed by atoms with Crippen molar-refractivity contribution < 1.29 is 4.74 Å². The number of nitrogens with two attached hydrogens (primary N) is 1. The highest BCUT2D eigenvalue weighted by molar-refractivity contribution is 7.98. The third-order valence-corrected chi connectivity index (χ3v) is 4.41. The van der Waals surface area contributed by atoms with Gasteiger partial charge in [0.1, 0.15) is 5.75 Å². The van der Waals surface area contributed by atoms with Gasteiger partial charge in [-0.1, -0.05) is 29.8 Å². The minimum absolute atomic E-state index is 0.0566. The highest BCUT2D eigenvalue weighted by atomic mass is 35.5. The molecule has 0 aliphatic heterocycles. The van der Waals surface area contributed by atoms with E-state index in [9.17, 15) is 0 Å². The number of halogens is 1. The van der Waals surface area contributed by atoms with Gasteiger partial charge < -0.3 is 10.5 Å². The van der Waals surface area contributed by atoms with Crippen molar-refractivity contribution in [2.24, 2.45) is 5.73 Å². The second-order valence-corrected chi connectivity index (χ2v) is 6.03. The molecular formula is C16H18ClNOS. The molecular weight excluding hydrogens is 290 g/mol. The maximum atomic E-state index is 6.07. The molecule has 2 aromatic carbocycles. The Morgan fingerprint density at radius 1 is 1.20 bits per heavy atom. The molecule has 0 heterocycles. The van der Waals surface area contributed by atoms with Crippen LogP contribution in [0.4, 0.5) is 0 Å².